The van der Waals surface area contributed by atoms with Gasteiger partial charge in [-0.1, -0.05) is 32.6 Å². The highest BCUT2D eigenvalue weighted by Gasteiger charge is 2.29. The number of hydrogen-bond donors (Lipinski definition) is 1. The Bertz CT molecular complexity index is 145. The summed E-state index contributed by atoms with van der Waals surface area (Å²) >= 11 is 0. The molecule has 1 saturated carbocycles. The standard InChI is InChI=1S/C13H27N/c1-4-5-11-14-13(2,3)12-9-7-6-8-10-12/h12,14H,4-11H2,1-3H3. The van der Waals surface area contributed by atoms with E-state index in [0.717, 1.165) is 5.92 Å². The molecule has 1 aliphatic carbocycles. The third-order valence-electron chi connectivity index (χ3n) is 3.74. The van der Waals surface area contributed by atoms with Gasteiger partial charge in [-0.05, 0) is 45.6 Å². The normalized spacial score (nSPS) is 19.9. The molecular weight excluding hydrogens is 170 g/mol. The SMILES string of the molecule is CCCCNC(C)(C)C1CCCCC1. The molecule has 1 aliphatic rings. The van der Waals surface area contributed by atoms with E-state index in [1.807, 2.05) is 0 Å². The molecule has 0 aromatic rings. The Labute approximate surface area is 89.7 Å². The van der Waals surface area contributed by atoms with Crippen molar-refractivity contribution < 1.29 is 0 Å². The molecule has 0 aliphatic heterocycles. The minimum atomic E-state index is 0.371. The zero-order valence-electron chi connectivity index (χ0n) is 10.2. The van der Waals surface area contributed by atoms with Crippen LogP contribution in [0.3, 0.4) is 0 Å². The molecule has 0 bridgehead atoms. The highest BCUT2D eigenvalue weighted by Crippen LogP contribution is 2.32. The molecule has 1 nitrogen and oxygen atoms in total. The predicted molar refractivity (Wildman–Crippen MR) is 63.6 cm³/mol. The summed E-state index contributed by atoms with van der Waals surface area (Å²) in [6.45, 7) is 8.23. The van der Waals surface area contributed by atoms with Gasteiger partial charge in [-0.25, -0.2) is 0 Å². The maximum Gasteiger partial charge on any atom is 0.0153 e. The average molecular weight is 197 g/mol. The largest absolute Gasteiger partial charge is 0.312 e. The summed E-state index contributed by atoms with van der Waals surface area (Å²) in [5, 5.41) is 3.73. The quantitative estimate of drug-likeness (QED) is 0.662. The Balaban J connectivity index is 2.29. The Kier molecular flexibility index (Phi) is 4.94. The Morgan fingerprint density at radius 2 is 1.79 bits per heavy atom. The van der Waals surface area contributed by atoms with E-state index in [9.17, 15) is 0 Å². The van der Waals surface area contributed by atoms with Crippen LogP contribution in [-0.4, -0.2) is 12.1 Å². The van der Waals surface area contributed by atoms with E-state index in [1.54, 1.807) is 0 Å². The van der Waals surface area contributed by atoms with Crippen molar-refractivity contribution in [2.75, 3.05) is 6.54 Å². The number of unbranched alkanes of at least 4 members (excludes halogenated alkanes) is 1. The van der Waals surface area contributed by atoms with Crippen molar-refractivity contribution in [1.29, 1.82) is 0 Å². The summed E-state index contributed by atoms with van der Waals surface area (Å²) in [6, 6.07) is 0. The second-order valence-electron chi connectivity index (χ2n) is 5.34. The smallest absolute Gasteiger partial charge is 0.0153 e. The first kappa shape index (κ1) is 12.0. The van der Waals surface area contributed by atoms with E-state index in [0.29, 0.717) is 5.54 Å². The third-order valence-corrected chi connectivity index (χ3v) is 3.74. The van der Waals surface area contributed by atoms with Crippen LogP contribution in [0.15, 0.2) is 0 Å². The van der Waals surface area contributed by atoms with Crippen molar-refractivity contribution in [3.63, 3.8) is 0 Å². The summed E-state index contributed by atoms with van der Waals surface area (Å²) < 4.78 is 0. The van der Waals surface area contributed by atoms with Crippen LogP contribution >= 0.6 is 0 Å². The van der Waals surface area contributed by atoms with Gasteiger partial charge < -0.3 is 5.32 Å². The molecule has 0 heterocycles. The predicted octanol–water partition coefficient (Wildman–Crippen LogP) is 3.74. The van der Waals surface area contributed by atoms with Gasteiger partial charge in [-0.2, -0.15) is 0 Å². The fourth-order valence-electron chi connectivity index (χ4n) is 2.56. The zero-order valence-corrected chi connectivity index (χ0v) is 10.2. The minimum Gasteiger partial charge on any atom is -0.312 e. The summed E-state index contributed by atoms with van der Waals surface area (Å²) in [5.41, 5.74) is 0.371. The molecule has 84 valence electrons. The fourth-order valence-corrected chi connectivity index (χ4v) is 2.56. The van der Waals surface area contributed by atoms with Crippen molar-refractivity contribution in [3.05, 3.63) is 0 Å². The lowest BCUT2D eigenvalue weighted by atomic mass is 9.76. The minimum absolute atomic E-state index is 0.371. The Hall–Kier alpha value is -0.0400. The fraction of sp³-hybridized carbons (Fsp3) is 1.00. The molecule has 0 atom stereocenters. The molecule has 0 aromatic carbocycles. The van der Waals surface area contributed by atoms with Crippen LogP contribution in [-0.2, 0) is 0 Å². The zero-order chi connectivity index (χ0) is 10.4. The molecule has 1 rings (SSSR count). The second-order valence-corrected chi connectivity index (χ2v) is 5.34. The maximum atomic E-state index is 3.73. The van der Waals surface area contributed by atoms with Gasteiger partial charge in [0.25, 0.3) is 0 Å². The van der Waals surface area contributed by atoms with Gasteiger partial charge in [0.15, 0.2) is 0 Å². The summed E-state index contributed by atoms with van der Waals surface area (Å²) in [6.07, 6.45) is 9.84. The van der Waals surface area contributed by atoms with Crippen molar-refractivity contribution in [3.8, 4) is 0 Å². The number of nitrogens with one attached hydrogen (secondary N) is 1. The lowest BCUT2D eigenvalue weighted by molar-refractivity contribution is 0.194. The maximum absolute atomic E-state index is 3.73. The van der Waals surface area contributed by atoms with Gasteiger partial charge in [-0.3, -0.25) is 0 Å². The molecule has 0 radical (unpaired) electrons. The summed E-state index contributed by atoms with van der Waals surface area (Å²) in [4.78, 5) is 0. The molecule has 1 N–H and O–H groups in total. The van der Waals surface area contributed by atoms with Gasteiger partial charge in [-0.15, -0.1) is 0 Å². The van der Waals surface area contributed by atoms with Crippen LogP contribution in [0, 0.1) is 5.92 Å². The monoisotopic (exact) mass is 197 g/mol. The van der Waals surface area contributed by atoms with Gasteiger partial charge >= 0.3 is 0 Å². The van der Waals surface area contributed by atoms with Crippen LogP contribution in [0.4, 0.5) is 0 Å². The van der Waals surface area contributed by atoms with E-state index in [2.05, 4.69) is 26.1 Å². The van der Waals surface area contributed by atoms with Crippen LogP contribution < -0.4 is 5.32 Å². The van der Waals surface area contributed by atoms with Crippen LogP contribution in [0.5, 0.6) is 0 Å². The molecule has 1 fully saturated rings. The average Bonchev–Trinajstić information content (AvgIpc) is 2.19. The van der Waals surface area contributed by atoms with Gasteiger partial charge in [0, 0.05) is 5.54 Å². The topological polar surface area (TPSA) is 12.0 Å². The number of rotatable bonds is 5. The van der Waals surface area contributed by atoms with E-state index >= 15 is 0 Å². The van der Waals surface area contributed by atoms with E-state index in [1.165, 1.54) is 51.5 Å². The highest BCUT2D eigenvalue weighted by molar-refractivity contribution is 4.87. The van der Waals surface area contributed by atoms with Gasteiger partial charge in [0.1, 0.15) is 0 Å². The van der Waals surface area contributed by atoms with Crippen molar-refractivity contribution in [2.24, 2.45) is 5.92 Å². The summed E-state index contributed by atoms with van der Waals surface area (Å²) in [5.74, 6) is 0.910. The molecule has 0 aromatic heterocycles. The van der Waals surface area contributed by atoms with Gasteiger partial charge in [0.05, 0.1) is 0 Å². The van der Waals surface area contributed by atoms with Gasteiger partial charge in [0.2, 0.25) is 0 Å². The third kappa shape index (κ3) is 3.61. The lowest BCUT2D eigenvalue weighted by Crippen LogP contribution is -2.47. The van der Waals surface area contributed by atoms with E-state index in [4.69, 9.17) is 0 Å². The van der Waals surface area contributed by atoms with E-state index in [-0.39, 0.29) is 0 Å². The first-order chi connectivity index (χ1) is 6.67. The molecule has 0 unspecified atom stereocenters. The second kappa shape index (κ2) is 5.75. The Morgan fingerprint density at radius 1 is 1.14 bits per heavy atom. The van der Waals surface area contributed by atoms with Crippen LogP contribution in [0.2, 0.25) is 0 Å². The van der Waals surface area contributed by atoms with Crippen LogP contribution in [0.1, 0.15) is 65.7 Å². The number of hydrogen-bond acceptors (Lipinski definition) is 1. The molecule has 0 saturated heterocycles. The molecule has 14 heavy (non-hydrogen) atoms. The Morgan fingerprint density at radius 3 is 2.36 bits per heavy atom. The molecule has 0 amide bonds. The van der Waals surface area contributed by atoms with E-state index < -0.39 is 0 Å². The first-order valence-corrected chi connectivity index (χ1v) is 6.42. The van der Waals surface area contributed by atoms with Crippen molar-refractivity contribution in [1.82, 2.24) is 5.32 Å². The molecule has 0 spiro atoms. The van der Waals surface area contributed by atoms with Crippen molar-refractivity contribution >= 4 is 0 Å². The first-order valence-electron chi connectivity index (χ1n) is 6.42. The molecule has 1 heteroatoms. The van der Waals surface area contributed by atoms with Crippen molar-refractivity contribution in [2.45, 2.75) is 71.3 Å². The molecular formula is C13H27N. The highest BCUT2D eigenvalue weighted by atomic mass is 15.0. The summed E-state index contributed by atoms with van der Waals surface area (Å²) in [7, 11) is 0. The lowest BCUT2D eigenvalue weighted by Gasteiger charge is -2.38. The van der Waals surface area contributed by atoms with Crippen LogP contribution in [0.25, 0.3) is 0 Å².